The van der Waals surface area contributed by atoms with E-state index in [9.17, 15) is 9.18 Å². The molecule has 0 saturated carbocycles. The average Bonchev–Trinajstić information content (AvgIpc) is 3.08. The van der Waals surface area contributed by atoms with E-state index < -0.39 is 5.41 Å². The highest BCUT2D eigenvalue weighted by atomic mass is 19.1. The number of aryl methyl sites for hydroxylation is 2. The van der Waals surface area contributed by atoms with E-state index in [0.29, 0.717) is 30.7 Å². The first-order valence-electron chi connectivity index (χ1n) is 8.97. The van der Waals surface area contributed by atoms with Gasteiger partial charge in [-0.25, -0.2) is 13.9 Å². The molecule has 3 aromatic rings. The molecule has 0 aliphatic carbocycles. The van der Waals surface area contributed by atoms with Crippen LogP contribution in [-0.2, 0) is 16.6 Å². The summed E-state index contributed by atoms with van der Waals surface area (Å²) in [6.45, 7) is 8.07. The Labute approximate surface area is 157 Å². The summed E-state index contributed by atoms with van der Waals surface area (Å²) >= 11 is 0. The predicted octanol–water partition coefficient (Wildman–Crippen LogP) is 2.91. The largest absolute Gasteiger partial charge is 0.355 e. The van der Waals surface area contributed by atoms with Crippen molar-refractivity contribution in [3.05, 3.63) is 58.9 Å². The number of aromatic nitrogens is 4. The van der Waals surface area contributed by atoms with Gasteiger partial charge in [-0.1, -0.05) is 32.0 Å². The zero-order valence-electron chi connectivity index (χ0n) is 16.1. The van der Waals surface area contributed by atoms with E-state index in [1.54, 1.807) is 22.7 Å². The van der Waals surface area contributed by atoms with Gasteiger partial charge in [-0.05, 0) is 37.5 Å². The first-order chi connectivity index (χ1) is 12.8. The monoisotopic (exact) mass is 369 g/mol. The second-order valence-electron chi connectivity index (χ2n) is 7.37. The van der Waals surface area contributed by atoms with E-state index in [2.05, 4.69) is 20.4 Å². The summed E-state index contributed by atoms with van der Waals surface area (Å²) in [6.07, 6.45) is 2.36. The van der Waals surface area contributed by atoms with Gasteiger partial charge in [0.1, 0.15) is 12.1 Å². The quantitative estimate of drug-likeness (QED) is 0.725. The molecule has 0 aliphatic heterocycles. The van der Waals surface area contributed by atoms with Gasteiger partial charge in [-0.15, -0.1) is 0 Å². The standard InChI is InChI=1S/C20H24FN5O/c1-13-15(14(2)26-19(25-13)23-12-24-26)9-10-18(27)22-11-20(3,4)16-7-5-6-8-17(16)21/h5-8,12H,9-11H2,1-4H3,(H,22,27). The number of carbonyl (C=O) groups is 1. The van der Waals surface area contributed by atoms with Gasteiger partial charge in [0.15, 0.2) is 0 Å². The van der Waals surface area contributed by atoms with E-state index in [1.807, 2.05) is 27.7 Å². The Morgan fingerprint density at radius 2 is 2.00 bits per heavy atom. The van der Waals surface area contributed by atoms with E-state index >= 15 is 0 Å². The van der Waals surface area contributed by atoms with Crippen molar-refractivity contribution in [1.29, 1.82) is 0 Å². The Bertz CT molecular complexity index is 980. The summed E-state index contributed by atoms with van der Waals surface area (Å²) < 4.78 is 15.7. The summed E-state index contributed by atoms with van der Waals surface area (Å²) in [4.78, 5) is 20.9. The molecular formula is C20H24FN5O. The van der Waals surface area contributed by atoms with Crippen LogP contribution < -0.4 is 5.32 Å². The number of nitrogens with zero attached hydrogens (tertiary/aromatic N) is 4. The second-order valence-corrected chi connectivity index (χ2v) is 7.37. The van der Waals surface area contributed by atoms with Crippen molar-refractivity contribution in [2.45, 2.75) is 46.0 Å². The lowest BCUT2D eigenvalue weighted by molar-refractivity contribution is -0.121. The Morgan fingerprint density at radius 1 is 1.26 bits per heavy atom. The lowest BCUT2D eigenvalue weighted by Crippen LogP contribution is -2.37. The third-order valence-electron chi connectivity index (χ3n) is 4.92. The fourth-order valence-corrected chi connectivity index (χ4v) is 3.27. The minimum atomic E-state index is -0.492. The van der Waals surface area contributed by atoms with Crippen molar-refractivity contribution in [3.8, 4) is 0 Å². The molecule has 142 valence electrons. The van der Waals surface area contributed by atoms with E-state index in [-0.39, 0.29) is 11.7 Å². The lowest BCUT2D eigenvalue weighted by atomic mass is 9.84. The molecule has 27 heavy (non-hydrogen) atoms. The molecule has 1 N–H and O–H groups in total. The molecule has 0 atom stereocenters. The number of amides is 1. The first-order valence-corrected chi connectivity index (χ1v) is 8.97. The number of hydrogen-bond acceptors (Lipinski definition) is 4. The SMILES string of the molecule is Cc1nc2ncnn2c(C)c1CCC(=O)NCC(C)(C)c1ccccc1F. The summed E-state index contributed by atoms with van der Waals surface area (Å²) in [5.41, 5.74) is 2.89. The predicted molar refractivity (Wildman–Crippen MR) is 101 cm³/mol. The van der Waals surface area contributed by atoms with Crippen molar-refractivity contribution >= 4 is 11.7 Å². The van der Waals surface area contributed by atoms with E-state index in [4.69, 9.17) is 0 Å². The number of rotatable bonds is 6. The van der Waals surface area contributed by atoms with Gasteiger partial charge >= 0.3 is 0 Å². The minimum absolute atomic E-state index is 0.0723. The van der Waals surface area contributed by atoms with Gasteiger partial charge in [-0.3, -0.25) is 4.79 Å². The van der Waals surface area contributed by atoms with Gasteiger partial charge in [0.05, 0.1) is 0 Å². The first kappa shape index (κ1) is 18.9. The molecule has 1 aromatic carbocycles. The molecular weight excluding hydrogens is 345 g/mol. The number of nitrogens with one attached hydrogen (secondary N) is 1. The van der Waals surface area contributed by atoms with Crippen LogP contribution in [0, 0.1) is 19.7 Å². The summed E-state index contributed by atoms with van der Waals surface area (Å²) in [5.74, 6) is 0.233. The number of fused-ring (bicyclic) bond motifs is 1. The van der Waals surface area contributed by atoms with Crippen LogP contribution in [-0.4, -0.2) is 32.0 Å². The molecule has 0 unspecified atom stereocenters. The third-order valence-corrected chi connectivity index (χ3v) is 4.92. The van der Waals surface area contributed by atoms with E-state index in [0.717, 1.165) is 17.0 Å². The summed E-state index contributed by atoms with van der Waals surface area (Å²) in [7, 11) is 0. The van der Waals surface area contributed by atoms with Gasteiger partial charge in [-0.2, -0.15) is 10.1 Å². The highest BCUT2D eigenvalue weighted by molar-refractivity contribution is 5.76. The molecule has 0 fully saturated rings. The Balaban J connectivity index is 1.63. The molecule has 0 spiro atoms. The molecule has 2 aromatic heterocycles. The molecule has 3 rings (SSSR count). The highest BCUT2D eigenvalue weighted by Gasteiger charge is 2.24. The molecule has 1 amide bonds. The highest BCUT2D eigenvalue weighted by Crippen LogP contribution is 2.25. The van der Waals surface area contributed by atoms with Gasteiger partial charge in [0.25, 0.3) is 5.78 Å². The van der Waals surface area contributed by atoms with Crippen molar-refractivity contribution < 1.29 is 9.18 Å². The van der Waals surface area contributed by atoms with Crippen molar-refractivity contribution in [2.24, 2.45) is 0 Å². The Kier molecular flexibility index (Phi) is 5.21. The normalized spacial score (nSPS) is 11.7. The lowest BCUT2D eigenvalue weighted by Gasteiger charge is -2.26. The van der Waals surface area contributed by atoms with Crippen LogP contribution in [0.5, 0.6) is 0 Å². The van der Waals surface area contributed by atoms with Crippen LogP contribution in [0.3, 0.4) is 0 Å². The number of hydrogen-bond donors (Lipinski definition) is 1. The minimum Gasteiger partial charge on any atom is -0.355 e. The van der Waals surface area contributed by atoms with Gasteiger partial charge in [0.2, 0.25) is 5.91 Å². The molecule has 0 saturated heterocycles. The van der Waals surface area contributed by atoms with Gasteiger partial charge < -0.3 is 5.32 Å². The van der Waals surface area contributed by atoms with E-state index in [1.165, 1.54) is 12.4 Å². The van der Waals surface area contributed by atoms with Gasteiger partial charge in [0, 0.05) is 29.8 Å². The maximum Gasteiger partial charge on any atom is 0.252 e. The number of benzene rings is 1. The summed E-state index contributed by atoms with van der Waals surface area (Å²) in [6, 6.07) is 6.67. The number of carbonyl (C=O) groups excluding carboxylic acids is 1. The topological polar surface area (TPSA) is 72.2 Å². The fraction of sp³-hybridized carbons (Fsp3) is 0.400. The van der Waals surface area contributed by atoms with Crippen LogP contribution >= 0.6 is 0 Å². The average molecular weight is 369 g/mol. The fourth-order valence-electron chi connectivity index (χ4n) is 3.27. The number of halogens is 1. The molecule has 2 heterocycles. The third kappa shape index (κ3) is 3.97. The van der Waals surface area contributed by atoms with Crippen LogP contribution in [0.4, 0.5) is 4.39 Å². The maximum atomic E-state index is 14.0. The zero-order valence-corrected chi connectivity index (χ0v) is 16.1. The Morgan fingerprint density at radius 3 is 2.74 bits per heavy atom. The van der Waals surface area contributed by atoms with Crippen molar-refractivity contribution in [1.82, 2.24) is 24.9 Å². The van der Waals surface area contributed by atoms with Crippen LogP contribution in [0.1, 0.15) is 42.8 Å². The van der Waals surface area contributed by atoms with Crippen molar-refractivity contribution in [2.75, 3.05) is 6.54 Å². The van der Waals surface area contributed by atoms with Crippen LogP contribution in [0.15, 0.2) is 30.6 Å². The molecule has 0 radical (unpaired) electrons. The molecule has 0 bridgehead atoms. The summed E-state index contributed by atoms with van der Waals surface area (Å²) in [5, 5.41) is 7.09. The second kappa shape index (κ2) is 7.42. The molecule has 0 aliphatic rings. The molecule has 6 nitrogen and oxygen atoms in total. The maximum absolute atomic E-state index is 14.0. The molecule has 7 heteroatoms. The van der Waals surface area contributed by atoms with Crippen LogP contribution in [0.25, 0.3) is 5.78 Å². The Hall–Kier alpha value is -2.83. The zero-order chi connectivity index (χ0) is 19.6. The van der Waals surface area contributed by atoms with Crippen LogP contribution in [0.2, 0.25) is 0 Å². The van der Waals surface area contributed by atoms with Crippen molar-refractivity contribution in [3.63, 3.8) is 0 Å². The smallest absolute Gasteiger partial charge is 0.252 e.